The number of aromatic amines is 2. The summed E-state index contributed by atoms with van der Waals surface area (Å²) in [6, 6.07) is 24.2. The van der Waals surface area contributed by atoms with Gasteiger partial charge in [0, 0.05) is 23.5 Å². The fourth-order valence-corrected chi connectivity index (χ4v) is 3.44. The minimum absolute atomic E-state index is 0.430. The van der Waals surface area contributed by atoms with Crippen LogP contribution in [0.4, 0.5) is 0 Å². The first kappa shape index (κ1) is 19.6. The molecule has 0 unspecified atom stereocenters. The molecule has 0 saturated heterocycles. The van der Waals surface area contributed by atoms with E-state index in [-0.39, 0.29) is 0 Å². The number of nitrogens with zero attached hydrogens (tertiary/aromatic N) is 2. The molecule has 156 valence electrons. The maximum atomic E-state index is 5.98. The molecule has 3 heterocycles. The van der Waals surface area contributed by atoms with Crippen LogP contribution >= 0.6 is 0 Å². The van der Waals surface area contributed by atoms with Crippen molar-refractivity contribution in [2.24, 2.45) is 0 Å². The third kappa shape index (κ3) is 4.68. The number of para-hydroxylation sites is 1. The lowest BCUT2D eigenvalue weighted by Crippen LogP contribution is -1.98. The van der Waals surface area contributed by atoms with Crippen molar-refractivity contribution in [2.75, 3.05) is 0 Å². The first-order valence-electron chi connectivity index (χ1n) is 10.4. The summed E-state index contributed by atoms with van der Waals surface area (Å²) >= 11 is 0. The van der Waals surface area contributed by atoms with Gasteiger partial charge in [-0.25, -0.2) is 0 Å². The second-order valence-corrected chi connectivity index (χ2v) is 7.39. The van der Waals surface area contributed by atoms with Crippen LogP contribution in [0.3, 0.4) is 0 Å². The fourth-order valence-electron chi connectivity index (χ4n) is 3.44. The largest absolute Gasteiger partial charge is 0.487 e. The molecule has 5 heteroatoms. The van der Waals surface area contributed by atoms with Gasteiger partial charge in [-0.3, -0.25) is 10.1 Å². The molecule has 5 aromatic rings. The van der Waals surface area contributed by atoms with Crippen LogP contribution in [0.25, 0.3) is 35.2 Å². The van der Waals surface area contributed by atoms with E-state index in [0.29, 0.717) is 6.61 Å². The number of fused-ring (bicyclic) bond motifs is 1. The average molecular weight is 419 g/mol. The first-order chi connectivity index (χ1) is 15.8. The van der Waals surface area contributed by atoms with Gasteiger partial charge in [0.05, 0.1) is 17.1 Å². The van der Waals surface area contributed by atoms with E-state index in [0.717, 1.165) is 39.5 Å². The molecule has 0 aliphatic heterocycles. The second kappa shape index (κ2) is 9.18. The Labute approximate surface area is 186 Å². The van der Waals surface area contributed by atoms with Crippen molar-refractivity contribution in [3.8, 4) is 5.75 Å². The van der Waals surface area contributed by atoms with Crippen molar-refractivity contribution < 1.29 is 4.74 Å². The van der Waals surface area contributed by atoms with Crippen molar-refractivity contribution >= 4 is 35.2 Å². The molecule has 0 fully saturated rings. The summed E-state index contributed by atoms with van der Waals surface area (Å²) in [6.07, 6.45) is 11.8. The van der Waals surface area contributed by atoms with Gasteiger partial charge in [0.25, 0.3) is 0 Å². The lowest BCUT2D eigenvalue weighted by molar-refractivity contribution is 0.300. The normalized spacial score (nSPS) is 11.6. The van der Waals surface area contributed by atoms with E-state index in [9.17, 15) is 0 Å². The molecule has 0 aliphatic rings. The average Bonchev–Trinajstić information content (AvgIpc) is 3.50. The molecular formula is C27H22N4O. The van der Waals surface area contributed by atoms with Crippen LogP contribution in [-0.2, 0) is 6.61 Å². The summed E-state index contributed by atoms with van der Waals surface area (Å²) in [7, 11) is 0. The Morgan fingerprint density at radius 2 is 1.78 bits per heavy atom. The topological polar surface area (TPSA) is 66.6 Å². The van der Waals surface area contributed by atoms with Crippen LogP contribution < -0.4 is 4.74 Å². The zero-order valence-corrected chi connectivity index (χ0v) is 17.4. The molecule has 5 nitrogen and oxygen atoms in total. The Morgan fingerprint density at radius 1 is 0.844 bits per heavy atom. The minimum atomic E-state index is 0.430. The van der Waals surface area contributed by atoms with E-state index in [2.05, 4.69) is 50.5 Å². The number of H-pyrrole nitrogens is 2. The number of hydrogen-bond acceptors (Lipinski definition) is 3. The molecule has 5 rings (SSSR count). The molecule has 0 amide bonds. The summed E-state index contributed by atoms with van der Waals surface area (Å²) in [5, 5.41) is 8.66. The van der Waals surface area contributed by atoms with E-state index >= 15 is 0 Å². The summed E-state index contributed by atoms with van der Waals surface area (Å²) in [5.41, 5.74) is 5.93. The molecule has 2 aromatic carbocycles. The standard InChI is InChI=1S/C27H22N4O/c1-2-7-27(32-19-25-6-3-4-15-28-25)22(5-1)11-13-24-18-23(30-31-24)12-9-20-8-10-21-14-16-29-26(21)17-20/h1-18,29H,19H2,(H,30,31). The van der Waals surface area contributed by atoms with Gasteiger partial charge in [-0.15, -0.1) is 0 Å². The van der Waals surface area contributed by atoms with Crippen LogP contribution in [-0.4, -0.2) is 20.2 Å². The van der Waals surface area contributed by atoms with Crippen LogP contribution in [0.1, 0.15) is 28.2 Å². The predicted octanol–water partition coefficient (Wildman–Crippen LogP) is 6.21. The van der Waals surface area contributed by atoms with Gasteiger partial charge in [-0.1, -0.05) is 42.5 Å². The SMILES string of the molecule is C(=Cc1cc(C=Cc2ccccc2OCc2ccccn2)[nH]n1)c1ccc2cc[nH]c2c1. The molecule has 0 radical (unpaired) electrons. The zero-order chi connectivity index (χ0) is 21.6. The highest BCUT2D eigenvalue weighted by Gasteiger charge is 2.02. The molecule has 0 atom stereocenters. The lowest BCUT2D eigenvalue weighted by atomic mass is 10.1. The third-order valence-electron chi connectivity index (χ3n) is 5.11. The molecule has 0 bridgehead atoms. The number of benzene rings is 2. The van der Waals surface area contributed by atoms with Crippen LogP contribution in [0, 0.1) is 0 Å². The van der Waals surface area contributed by atoms with Crippen LogP contribution in [0.15, 0.2) is 85.2 Å². The van der Waals surface area contributed by atoms with Crippen LogP contribution in [0.2, 0.25) is 0 Å². The highest BCUT2D eigenvalue weighted by atomic mass is 16.5. The number of nitrogens with one attached hydrogen (secondary N) is 2. The smallest absolute Gasteiger partial charge is 0.130 e. The van der Waals surface area contributed by atoms with E-state index < -0.39 is 0 Å². The van der Waals surface area contributed by atoms with Gasteiger partial charge in [-0.2, -0.15) is 5.10 Å². The third-order valence-corrected chi connectivity index (χ3v) is 5.11. The molecule has 32 heavy (non-hydrogen) atoms. The Balaban J connectivity index is 1.26. The van der Waals surface area contributed by atoms with Crippen molar-refractivity contribution in [3.05, 3.63) is 113 Å². The molecule has 3 aromatic heterocycles. The quantitative estimate of drug-likeness (QED) is 0.330. The van der Waals surface area contributed by atoms with Gasteiger partial charge in [0.1, 0.15) is 12.4 Å². The molecule has 0 aliphatic carbocycles. The molecular weight excluding hydrogens is 396 g/mol. The summed E-state index contributed by atoms with van der Waals surface area (Å²) in [5.74, 6) is 0.814. The summed E-state index contributed by atoms with van der Waals surface area (Å²) < 4.78 is 5.98. The van der Waals surface area contributed by atoms with Crippen molar-refractivity contribution in [1.29, 1.82) is 0 Å². The number of rotatable bonds is 7. The van der Waals surface area contributed by atoms with Gasteiger partial charge >= 0.3 is 0 Å². The Kier molecular flexibility index (Phi) is 5.62. The van der Waals surface area contributed by atoms with E-state index in [1.54, 1.807) is 6.20 Å². The van der Waals surface area contributed by atoms with Crippen LogP contribution in [0.5, 0.6) is 5.75 Å². The van der Waals surface area contributed by atoms with Gasteiger partial charge < -0.3 is 9.72 Å². The Morgan fingerprint density at radius 3 is 2.72 bits per heavy atom. The highest BCUT2D eigenvalue weighted by molar-refractivity contribution is 5.83. The van der Waals surface area contributed by atoms with Gasteiger partial charge in [0.15, 0.2) is 0 Å². The number of ether oxygens (including phenoxy) is 1. The Hall–Kier alpha value is -4.38. The maximum absolute atomic E-state index is 5.98. The minimum Gasteiger partial charge on any atom is -0.487 e. The number of hydrogen-bond donors (Lipinski definition) is 2. The predicted molar refractivity (Wildman–Crippen MR) is 130 cm³/mol. The fraction of sp³-hybridized carbons (Fsp3) is 0.0370. The molecule has 2 N–H and O–H groups in total. The van der Waals surface area contributed by atoms with Gasteiger partial charge in [-0.05, 0) is 65.6 Å². The molecule has 0 saturated carbocycles. The van der Waals surface area contributed by atoms with Gasteiger partial charge in [0.2, 0.25) is 0 Å². The summed E-state index contributed by atoms with van der Waals surface area (Å²) in [4.78, 5) is 7.55. The highest BCUT2D eigenvalue weighted by Crippen LogP contribution is 2.22. The van der Waals surface area contributed by atoms with Crippen molar-refractivity contribution in [1.82, 2.24) is 20.2 Å². The number of aromatic nitrogens is 4. The number of pyridine rings is 1. The monoisotopic (exact) mass is 418 g/mol. The summed E-state index contributed by atoms with van der Waals surface area (Å²) in [6.45, 7) is 0.430. The second-order valence-electron chi connectivity index (χ2n) is 7.39. The van der Waals surface area contributed by atoms with E-state index in [4.69, 9.17) is 4.74 Å². The van der Waals surface area contributed by atoms with Crippen molar-refractivity contribution in [3.63, 3.8) is 0 Å². The molecule has 0 spiro atoms. The van der Waals surface area contributed by atoms with Crippen molar-refractivity contribution in [2.45, 2.75) is 6.61 Å². The Bertz CT molecular complexity index is 1380. The maximum Gasteiger partial charge on any atom is 0.130 e. The van der Waals surface area contributed by atoms with E-state index in [1.807, 2.05) is 73.0 Å². The van der Waals surface area contributed by atoms with E-state index in [1.165, 1.54) is 5.39 Å². The first-order valence-corrected chi connectivity index (χ1v) is 10.4. The lowest BCUT2D eigenvalue weighted by Gasteiger charge is -2.08. The zero-order valence-electron chi connectivity index (χ0n) is 17.4.